The van der Waals surface area contributed by atoms with Crippen molar-refractivity contribution < 1.29 is 13.3 Å². The molecule has 1 atom stereocenters. The Morgan fingerprint density at radius 2 is 2.32 bits per heavy atom. The minimum atomic E-state index is -2.90. The Labute approximate surface area is 116 Å². The van der Waals surface area contributed by atoms with Gasteiger partial charge in [-0.1, -0.05) is 18.3 Å². The van der Waals surface area contributed by atoms with Crippen LogP contribution in [0.5, 0.6) is 0 Å². The van der Waals surface area contributed by atoms with Crippen LogP contribution in [-0.2, 0) is 16.4 Å². The van der Waals surface area contributed by atoms with Gasteiger partial charge in [0.2, 0.25) is 0 Å². The SMILES string of the molecule is CCN(Cc1csc([N+](=O)[O-])c1)[C@H]1CCS(=O)(=O)C1. The average Bonchev–Trinajstić information content (AvgIpc) is 2.92. The van der Waals surface area contributed by atoms with Gasteiger partial charge in [0.25, 0.3) is 0 Å². The molecule has 1 aromatic heterocycles. The lowest BCUT2D eigenvalue weighted by Crippen LogP contribution is -2.35. The number of sulfone groups is 1. The van der Waals surface area contributed by atoms with Crippen LogP contribution in [0.15, 0.2) is 11.4 Å². The van der Waals surface area contributed by atoms with Gasteiger partial charge in [-0.15, -0.1) is 0 Å². The number of hydrogen-bond donors (Lipinski definition) is 0. The fourth-order valence-electron chi connectivity index (χ4n) is 2.34. The first-order valence-corrected chi connectivity index (χ1v) is 8.77. The molecule has 8 heteroatoms. The Kier molecular flexibility index (Phi) is 4.22. The molecule has 1 aliphatic heterocycles. The van der Waals surface area contributed by atoms with Crippen molar-refractivity contribution in [1.29, 1.82) is 0 Å². The van der Waals surface area contributed by atoms with Crippen molar-refractivity contribution in [3.05, 3.63) is 27.1 Å². The van der Waals surface area contributed by atoms with E-state index in [0.717, 1.165) is 23.4 Å². The standard InChI is InChI=1S/C11H16N2O4S2/c1-2-12(10-3-4-19(16,17)8-10)6-9-5-11(13(14)15)18-7-9/h5,7,10H,2-4,6,8H2,1H3/t10-/m0/s1. The van der Waals surface area contributed by atoms with Crippen molar-refractivity contribution >= 4 is 26.2 Å². The van der Waals surface area contributed by atoms with E-state index in [0.29, 0.717) is 13.0 Å². The Bertz CT molecular complexity index is 567. The maximum Gasteiger partial charge on any atom is 0.324 e. The molecule has 6 nitrogen and oxygen atoms in total. The minimum Gasteiger partial charge on any atom is -0.295 e. The van der Waals surface area contributed by atoms with Crippen molar-refractivity contribution in [3.8, 4) is 0 Å². The topological polar surface area (TPSA) is 80.5 Å². The zero-order valence-electron chi connectivity index (χ0n) is 10.6. The fourth-order valence-corrected chi connectivity index (χ4v) is 4.82. The predicted octanol–water partition coefficient (Wildman–Crippen LogP) is 1.67. The van der Waals surface area contributed by atoms with E-state index in [-0.39, 0.29) is 22.5 Å². The summed E-state index contributed by atoms with van der Waals surface area (Å²) in [5.74, 6) is 0.449. The molecular formula is C11H16N2O4S2. The van der Waals surface area contributed by atoms with Crippen LogP contribution in [0.3, 0.4) is 0 Å². The van der Waals surface area contributed by atoms with Gasteiger partial charge >= 0.3 is 5.00 Å². The van der Waals surface area contributed by atoms with Crippen molar-refractivity contribution in [2.45, 2.75) is 25.9 Å². The van der Waals surface area contributed by atoms with Crippen LogP contribution in [0, 0.1) is 10.1 Å². The second-order valence-corrected chi connectivity index (χ2v) is 7.79. The zero-order chi connectivity index (χ0) is 14.0. The number of nitrogens with zero attached hydrogens (tertiary/aromatic N) is 2. The van der Waals surface area contributed by atoms with Gasteiger partial charge in [0.1, 0.15) is 0 Å². The van der Waals surface area contributed by atoms with Crippen LogP contribution in [0.1, 0.15) is 18.9 Å². The monoisotopic (exact) mass is 304 g/mol. The molecule has 0 aliphatic carbocycles. The van der Waals surface area contributed by atoms with Crippen LogP contribution < -0.4 is 0 Å². The number of rotatable bonds is 5. The third-order valence-electron chi connectivity index (χ3n) is 3.34. The molecule has 0 N–H and O–H groups in total. The normalized spacial score (nSPS) is 21.9. The van der Waals surface area contributed by atoms with E-state index >= 15 is 0 Å². The van der Waals surface area contributed by atoms with Gasteiger partial charge in [0.15, 0.2) is 9.84 Å². The molecule has 2 rings (SSSR count). The predicted molar refractivity (Wildman–Crippen MR) is 74.1 cm³/mol. The van der Waals surface area contributed by atoms with Crippen molar-refractivity contribution in [3.63, 3.8) is 0 Å². The molecule has 0 radical (unpaired) electrons. The summed E-state index contributed by atoms with van der Waals surface area (Å²) in [6.45, 7) is 3.29. The Morgan fingerprint density at radius 3 is 2.79 bits per heavy atom. The minimum absolute atomic E-state index is 0.0361. The van der Waals surface area contributed by atoms with E-state index in [1.54, 1.807) is 11.4 Å². The molecule has 0 bridgehead atoms. The quantitative estimate of drug-likeness (QED) is 0.610. The van der Waals surface area contributed by atoms with E-state index < -0.39 is 14.8 Å². The van der Waals surface area contributed by atoms with Crippen LogP contribution in [0.2, 0.25) is 0 Å². The summed E-state index contributed by atoms with van der Waals surface area (Å²) in [4.78, 5) is 12.3. The largest absolute Gasteiger partial charge is 0.324 e. The smallest absolute Gasteiger partial charge is 0.295 e. The second kappa shape index (κ2) is 5.56. The van der Waals surface area contributed by atoms with Crippen LogP contribution in [0.4, 0.5) is 5.00 Å². The number of thiophene rings is 1. The zero-order valence-corrected chi connectivity index (χ0v) is 12.2. The summed E-state index contributed by atoms with van der Waals surface area (Å²) in [5, 5.41) is 12.5. The van der Waals surface area contributed by atoms with E-state index in [2.05, 4.69) is 4.90 Å². The lowest BCUT2D eigenvalue weighted by Gasteiger charge is -2.25. The van der Waals surface area contributed by atoms with Crippen LogP contribution in [-0.4, -0.2) is 42.3 Å². The maximum atomic E-state index is 11.5. The highest BCUT2D eigenvalue weighted by Crippen LogP contribution is 2.25. The first-order chi connectivity index (χ1) is 8.91. The Morgan fingerprint density at radius 1 is 1.58 bits per heavy atom. The van der Waals surface area contributed by atoms with Gasteiger partial charge in [0, 0.05) is 24.0 Å². The highest BCUT2D eigenvalue weighted by molar-refractivity contribution is 7.91. The molecule has 0 amide bonds. The Balaban J connectivity index is 2.04. The molecule has 0 aromatic carbocycles. The van der Waals surface area contributed by atoms with Gasteiger partial charge in [-0.25, -0.2) is 8.42 Å². The van der Waals surface area contributed by atoms with Crippen LogP contribution in [0.25, 0.3) is 0 Å². The van der Waals surface area contributed by atoms with Crippen molar-refractivity contribution in [1.82, 2.24) is 4.90 Å². The van der Waals surface area contributed by atoms with E-state index in [1.807, 2.05) is 6.92 Å². The van der Waals surface area contributed by atoms with E-state index in [9.17, 15) is 18.5 Å². The summed E-state index contributed by atoms with van der Waals surface area (Å²) in [6, 6.07) is 1.60. The molecule has 19 heavy (non-hydrogen) atoms. The van der Waals surface area contributed by atoms with Gasteiger partial charge in [-0.05, 0) is 18.5 Å². The van der Waals surface area contributed by atoms with Gasteiger partial charge in [-0.2, -0.15) is 0 Å². The first kappa shape index (κ1) is 14.4. The molecule has 1 fully saturated rings. The molecule has 0 unspecified atom stereocenters. The Hall–Kier alpha value is -0.990. The molecule has 1 aliphatic rings. The summed E-state index contributed by atoms with van der Waals surface area (Å²) < 4.78 is 23.0. The van der Waals surface area contributed by atoms with Gasteiger partial charge < -0.3 is 0 Å². The molecule has 2 heterocycles. The van der Waals surface area contributed by atoms with Gasteiger partial charge in [0.05, 0.1) is 16.4 Å². The number of nitro groups is 1. The third-order valence-corrected chi connectivity index (χ3v) is 6.02. The number of hydrogen-bond acceptors (Lipinski definition) is 6. The molecule has 1 aromatic rings. The van der Waals surface area contributed by atoms with Crippen molar-refractivity contribution in [2.24, 2.45) is 0 Å². The molecule has 1 saturated heterocycles. The second-order valence-electron chi connectivity index (χ2n) is 4.67. The lowest BCUT2D eigenvalue weighted by atomic mass is 10.2. The van der Waals surface area contributed by atoms with Crippen molar-refractivity contribution in [2.75, 3.05) is 18.1 Å². The fraction of sp³-hybridized carbons (Fsp3) is 0.636. The summed E-state index contributed by atoms with van der Waals surface area (Å²) in [5.41, 5.74) is 0.878. The molecule has 0 spiro atoms. The highest BCUT2D eigenvalue weighted by Gasteiger charge is 2.31. The summed E-state index contributed by atoms with van der Waals surface area (Å²) >= 11 is 1.11. The summed E-state index contributed by atoms with van der Waals surface area (Å²) in [7, 11) is -2.90. The first-order valence-electron chi connectivity index (χ1n) is 6.07. The summed E-state index contributed by atoms with van der Waals surface area (Å²) in [6.07, 6.45) is 0.655. The van der Waals surface area contributed by atoms with Crippen LogP contribution >= 0.6 is 11.3 Å². The lowest BCUT2D eigenvalue weighted by molar-refractivity contribution is -0.380. The third kappa shape index (κ3) is 3.52. The molecular weight excluding hydrogens is 288 g/mol. The molecule has 0 saturated carbocycles. The van der Waals surface area contributed by atoms with E-state index in [4.69, 9.17) is 0 Å². The average molecular weight is 304 g/mol. The molecule has 106 valence electrons. The highest BCUT2D eigenvalue weighted by atomic mass is 32.2. The maximum absolute atomic E-state index is 11.5. The van der Waals surface area contributed by atoms with Gasteiger partial charge in [-0.3, -0.25) is 15.0 Å². The van der Waals surface area contributed by atoms with E-state index in [1.165, 1.54) is 0 Å².